The molecule has 206 valence electrons. The van der Waals surface area contributed by atoms with E-state index in [1.165, 1.54) is 21.8 Å². The van der Waals surface area contributed by atoms with Crippen LogP contribution in [0.25, 0.3) is 83.3 Å². The van der Waals surface area contributed by atoms with E-state index in [0.717, 1.165) is 55.7 Å². The van der Waals surface area contributed by atoms with Crippen LogP contribution in [0.1, 0.15) is 0 Å². The Morgan fingerprint density at radius 3 is 1.66 bits per heavy atom. The van der Waals surface area contributed by atoms with Gasteiger partial charge in [0.25, 0.3) is 0 Å². The lowest BCUT2D eigenvalue weighted by molar-refractivity contribution is 0.669. The van der Waals surface area contributed by atoms with E-state index < -0.39 is 0 Å². The van der Waals surface area contributed by atoms with Crippen molar-refractivity contribution in [3.8, 4) is 39.6 Å². The molecule has 0 bridgehead atoms. The zero-order chi connectivity index (χ0) is 29.0. The quantitative estimate of drug-likeness (QED) is 0.214. The molecular formula is C40H25N3O. The van der Waals surface area contributed by atoms with Gasteiger partial charge in [0, 0.05) is 43.9 Å². The average Bonchev–Trinajstić information content (AvgIpc) is 3.64. The Balaban J connectivity index is 1.18. The maximum absolute atomic E-state index is 6.20. The number of hydrogen-bond donors (Lipinski definition) is 0. The third-order valence-electron chi connectivity index (χ3n) is 8.43. The summed E-state index contributed by atoms with van der Waals surface area (Å²) < 4.78 is 8.53. The van der Waals surface area contributed by atoms with E-state index >= 15 is 0 Å². The monoisotopic (exact) mass is 563 g/mol. The molecule has 44 heavy (non-hydrogen) atoms. The van der Waals surface area contributed by atoms with E-state index in [1.807, 2.05) is 36.4 Å². The van der Waals surface area contributed by atoms with Gasteiger partial charge in [-0.2, -0.15) is 0 Å². The van der Waals surface area contributed by atoms with E-state index in [-0.39, 0.29) is 0 Å². The maximum atomic E-state index is 6.20. The third kappa shape index (κ3) is 3.92. The standard InChI is InChI=1S/C40H25N3O/c1-2-10-26(11-3-1)34-25-35(42-40(41-34)28-20-23-33-32-14-6-9-17-38(32)44-39(33)24-28)27-18-21-29(22-19-27)43-36-15-7-4-12-30(36)31-13-5-8-16-37(31)43/h1-25H. The van der Waals surface area contributed by atoms with Crippen molar-refractivity contribution in [3.63, 3.8) is 0 Å². The first kappa shape index (κ1) is 24.6. The fraction of sp³-hybridized carbons (Fsp3) is 0. The summed E-state index contributed by atoms with van der Waals surface area (Å²) in [4.78, 5) is 10.1. The summed E-state index contributed by atoms with van der Waals surface area (Å²) in [5.41, 5.74) is 9.93. The van der Waals surface area contributed by atoms with E-state index in [9.17, 15) is 0 Å². The van der Waals surface area contributed by atoms with Gasteiger partial charge in [-0.25, -0.2) is 9.97 Å². The van der Waals surface area contributed by atoms with Crippen molar-refractivity contribution in [1.82, 2.24) is 14.5 Å². The van der Waals surface area contributed by atoms with E-state index in [1.54, 1.807) is 0 Å². The molecule has 0 unspecified atom stereocenters. The molecule has 4 nitrogen and oxygen atoms in total. The molecule has 0 aliphatic carbocycles. The molecule has 0 aliphatic heterocycles. The summed E-state index contributed by atoms with van der Waals surface area (Å²) in [5.74, 6) is 0.662. The van der Waals surface area contributed by atoms with Crippen molar-refractivity contribution in [2.24, 2.45) is 0 Å². The van der Waals surface area contributed by atoms with Crippen LogP contribution in [0.4, 0.5) is 0 Å². The SMILES string of the molecule is c1ccc(-c2cc(-c3ccc(-n4c5ccccc5c5ccccc54)cc3)nc(-c3ccc4c(c3)oc3ccccc34)n2)cc1. The van der Waals surface area contributed by atoms with E-state index in [0.29, 0.717) is 5.82 Å². The summed E-state index contributed by atoms with van der Waals surface area (Å²) in [6.07, 6.45) is 0. The van der Waals surface area contributed by atoms with Crippen molar-refractivity contribution in [3.05, 3.63) is 152 Å². The summed E-state index contributed by atoms with van der Waals surface area (Å²) in [5, 5.41) is 4.70. The first-order valence-electron chi connectivity index (χ1n) is 14.8. The Kier molecular flexibility index (Phi) is 5.47. The highest BCUT2D eigenvalue weighted by molar-refractivity contribution is 6.09. The number of furan rings is 1. The highest BCUT2D eigenvalue weighted by Crippen LogP contribution is 2.35. The van der Waals surface area contributed by atoms with Crippen LogP contribution in [-0.2, 0) is 0 Å². The number of nitrogens with zero attached hydrogens (tertiary/aromatic N) is 3. The zero-order valence-corrected chi connectivity index (χ0v) is 23.7. The minimum Gasteiger partial charge on any atom is -0.456 e. The number of para-hydroxylation sites is 3. The molecule has 3 heterocycles. The van der Waals surface area contributed by atoms with Crippen molar-refractivity contribution in [2.45, 2.75) is 0 Å². The van der Waals surface area contributed by atoms with Gasteiger partial charge in [-0.15, -0.1) is 0 Å². The molecule has 6 aromatic carbocycles. The van der Waals surface area contributed by atoms with E-state index in [2.05, 4.69) is 120 Å². The molecular weight excluding hydrogens is 538 g/mol. The summed E-state index contributed by atoms with van der Waals surface area (Å²) in [6.45, 7) is 0. The summed E-state index contributed by atoms with van der Waals surface area (Å²) in [6, 6.07) is 52.6. The van der Waals surface area contributed by atoms with Gasteiger partial charge in [0.05, 0.1) is 22.4 Å². The highest BCUT2D eigenvalue weighted by Gasteiger charge is 2.15. The van der Waals surface area contributed by atoms with Gasteiger partial charge in [-0.1, -0.05) is 103 Å². The lowest BCUT2D eigenvalue weighted by atomic mass is 10.1. The van der Waals surface area contributed by atoms with Crippen molar-refractivity contribution >= 4 is 43.7 Å². The van der Waals surface area contributed by atoms with Crippen LogP contribution in [-0.4, -0.2) is 14.5 Å². The highest BCUT2D eigenvalue weighted by atomic mass is 16.3. The Morgan fingerprint density at radius 2 is 0.955 bits per heavy atom. The molecule has 0 saturated heterocycles. The van der Waals surface area contributed by atoms with Gasteiger partial charge in [0.15, 0.2) is 5.82 Å². The normalized spacial score (nSPS) is 11.6. The Morgan fingerprint density at radius 1 is 0.409 bits per heavy atom. The second-order valence-corrected chi connectivity index (χ2v) is 11.1. The van der Waals surface area contributed by atoms with Crippen LogP contribution in [0.2, 0.25) is 0 Å². The number of fused-ring (bicyclic) bond motifs is 6. The lowest BCUT2D eigenvalue weighted by Crippen LogP contribution is -1.97. The fourth-order valence-corrected chi connectivity index (χ4v) is 6.33. The number of hydrogen-bond acceptors (Lipinski definition) is 3. The minimum absolute atomic E-state index is 0.662. The molecule has 0 fully saturated rings. The second kappa shape index (κ2) is 9.79. The third-order valence-corrected chi connectivity index (χ3v) is 8.43. The van der Waals surface area contributed by atoms with Gasteiger partial charge < -0.3 is 8.98 Å². The van der Waals surface area contributed by atoms with Crippen LogP contribution in [0.5, 0.6) is 0 Å². The maximum Gasteiger partial charge on any atom is 0.160 e. The predicted octanol–water partition coefficient (Wildman–Crippen LogP) is 10.5. The number of aromatic nitrogens is 3. The molecule has 0 amide bonds. The van der Waals surface area contributed by atoms with Crippen LogP contribution in [0, 0.1) is 0 Å². The number of rotatable bonds is 4. The van der Waals surface area contributed by atoms with Crippen LogP contribution in [0.15, 0.2) is 156 Å². The topological polar surface area (TPSA) is 43.9 Å². The van der Waals surface area contributed by atoms with Gasteiger partial charge in [-0.05, 0) is 48.5 Å². The zero-order valence-electron chi connectivity index (χ0n) is 23.7. The molecule has 9 aromatic rings. The molecule has 0 spiro atoms. The van der Waals surface area contributed by atoms with Crippen molar-refractivity contribution in [1.29, 1.82) is 0 Å². The Bertz CT molecular complexity index is 2430. The van der Waals surface area contributed by atoms with Gasteiger partial charge in [-0.3, -0.25) is 0 Å². The Labute approximate surface area is 253 Å². The minimum atomic E-state index is 0.662. The van der Waals surface area contributed by atoms with Crippen LogP contribution < -0.4 is 0 Å². The smallest absolute Gasteiger partial charge is 0.160 e. The van der Waals surface area contributed by atoms with Crippen LogP contribution >= 0.6 is 0 Å². The molecule has 3 aromatic heterocycles. The molecule has 0 radical (unpaired) electrons. The molecule has 0 N–H and O–H groups in total. The van der Waals surface area contributed by atoms with Crippen molar-refractivity contribution < 1.29 is 4.42 Å². The van der Waals surface area contributed by atoms with Gasteiger partial charge in [0.1, 0.15) is 11.2 Å². The molecule has 0 saturated carbocycles. The molecule has 0 atom stereocenters. The average molecular weight is 564 g/mol. The van der Waals surface area contributed by atoms with Crippen molar-refractivity contribution in [2.75, 3.05) is 0 Å². The largest absolute Gasteiger partial charge is 0.456 e. The molecule has 0 aliphatic rings. The molecule has 4 heteroatoms. The van der Waals surface area contributed by atoms with Gasteiger partial charge >= 0.3 is 0 Å². The fourth-order valence-electron chi connectivity index (χ4n) is 6.33. The first-order chi connectivity index (χ1) is 21.8. The second-order valence-electron chi connectivity index (χ2n) is 11.1. The first-order valence-corrected chi connectivity index (χ1v) is 14.8. The molecule has 9 rings (SSSR count). The Hall–Kier alpha value is -6.00. The van der Waals surface area contributed by atoms with Gasteiger partial charge in [0.2, 0.25) is 0 Å². The predicted molar refractivity (Wildman–Crippen MR) is 180 cm³/mol. The summed E-state index contributed by atoms with van der Waals surface area (Å²) >= 11 is 0. The lowest BCUT2D eigenvalue weighted by Gasteiger charge is -2.11. The van der Waals surface area contributed by atoms with Crippen LogP contribution in [0.3, 0.4) is 0 Å². The van der Waals surface area contributed by atoms with E-state index in [4.69, 9.17) is 14.4 Å². The summed E-state index contributed by atoms with van der Waals surface area (Å²) in [7, 11) is 0. The number of benzene rings is 6.